The molecule has 1 atom stereocenters. The first kappa shape index (κ1) is 12.6. The lowest BCUT2D eigenvalue weighted by Gasteiger charge is -2.26. The molecule has 100 valence electrons. The average Bonchev–Trinajstić information content (AvgIpc) is 2.49. The highest BCUT2D eigenvalue weighted by atomic mass is 16.5. The Kier molecular flexibility index (Phi) is 3.30. The lowest BCUT2D eigenvalue weighted by atomic mass is 9.89. The minimum atomic E-state index is 0.0649. The summed E-state index contributed by atoms with van der Waals surface area (Å²) in [5.74, 6) is 0.706. The van der Waals surface area contributed by atoms with Crippen molar-refractivity contribution in [3.05, 3.63) is 59.2 Å². The summed E-state index contributed by atoms with van der Waals surface area (Å²) in [4.78, 5) is 0. The predicted molar refractivity (Wildman–Crippen MR) is 78.3 cm³/mol. The molecule has 20 heavy (non-hydrogen) atoms. The molecule has 0 aliphatic heterocycles. The third-order valence-corrected chi connectivity index (χ3v) is 3.74. The molecule has 0 spiro atoms. The number of benzene rings is 2. The Labute approximate surface area is 118 Å². The zero-order chi connectivity index (χ0) is 13.9. The van der Waals surface area contributed by atoms with Crippen molar-refractivity contribution >= 4 is 5.69 Å². The highest BCUT2D eigenvalue weighted by Gasteiger charge is 2.21. The van der Waals surface area contributed by atoms with Gasteiger partial charge < -0.3 is 10.5 Å². The van der Waals surface area contributed by atoms with Crippen molar-refractivity contribution in [1.29, 1.82) is 5.26 Å². The van der Waals surface area contributed by atoms with Crippen LogP contribution in [0.25, 0.3) is 0 Å². The second-order valence-corrected chi connectivity index (χ2v) is 5.06. The standard InChI is InChI=1S/C17H16N2O/c18-11-13-10-14(8-9-16(13)19)20-17-7-3-5-12-4-1-2-6-15(12)17/h1-2,4,6,8-10,17H,3,5,7,19H2. The van der Waals surface area contributed by atoms with Gasteiger partial charge in [-0.1, -0.05) is 24.3 Å². The minimum absolute atomic E-state index is 0.0649. The van der Waals surface area contributed by atoms with Crippen molar-refractivity contribution in [2.45, 2.75) is 25.4 Å². The second-order valence-electron chi connectivity index (χ2n) is 5.06. The van der Waals surface area contributed by atoms with Gasteiger partial charge in [-0.2, -0.15) is 5.26 Å². The molecular formula is C17H16N2O. The van der Waals surface area contributed by atoms with Crippen LogP contribution >= 0.6 is 0 Å². The van der Waals surface area contributed by atoms with Crippen LogP contribution in [-0.4, -0.2) is 0 Å². The second kappa shape index (κ2) is 5.26. The Morgan fingerprint density at radius 3 is 2.90 bits per heavy atom. The fraction of sp³-hybridized carbons (Fsp3) is 0.235. The number of aryl methyl sites for hydroxylation is 1. The molecular weight excluding hydrogens is 248 g/mol. The summed E-state index contributed by atoms with van der Waals surface area (Å²) in [6.07, 6.45) is 3.31. The molecule has 3 rings (SSSR count). The van der Waals surface area contributed by atoms with E-state index in [0.29, 0.717) is 17.0 Å². The number of nitrogen functional groups attached to an aromatic ring is 1. The molecule has 1 aliphatic carbocycles. The van der Waals surface area contributed by atoms with E-state index in [1.165, 1.54) is 11.1 Å². The van der Waals surface area contributed by atoms with E-state index >= 15 is 0 Å². The fourth-order valence-electron chi connectivity index (χ4n) is 2.70. The highest BCUT2D eigenvalue weighted by molar-refractivity contribution is 5.56. The summed E-state index contributed by atoms with van der Waals surface area (Å²) in [5, 5.41) is 9.02. The smallest absolute Gasteiger partial charge is 0.124 e. The number of hydrogen-bond donors (Lipinski definition) is 1. The summed E-state index contributed by atoms with van der Waals surface area (Å²) in [6.45, 7) is 0. The molecule has 0 saturated heterocycles. The number of ether oxygens (including phenoxy) is 1. The van der Waals surface area contributed by atoms with Crippen molar-refractivity contribution in [2.24, 2.45) is 0 Å². The first-order chi connectivity index (χ1) is 9.78. The zero-order valence-electron chi connectivity index (χ0n) is 11.2. The Bertz CT molecular complexity index is 673. The highest BCUT2D eigenvalue weighted by Crippen LogP contribution is 2.34. The van der Waals surface area contributed by atoms with E-state index in [1.807, 2.05) is 12.1 Å². The molecule has 2 N–H and O–H groups in total. The van der Waals surface area contributed by atoms with Crippen molar-refractivity contribution in [3.8, 4) is 11.8 Å². The molecule has 0 saturated carbocycles. The lowest BCUT2D eigenvalue weighted by Crippen LogP contribution is -2.15. The van der Waals surface area contributed by atoms with E-state index in [-0.39, 0.29) is 6.10 Å². The van der Waals surface area contributed by atoms with E-state index in [9.17, 15) is 0 Å². The van der Waals surface area contributed by atoms with Crippen LogP contribution in [0, 0.1) is 11.3 Å². The SMILES string of the molecule is N#Cc1cc(OC2CCCc3ccccc32)ccc1N. The van der Waals surface area contributed by atoms with Gasteiger partial charge in [-0.3, -0.25) is 0 Å². The van der Waals surface area contributed by atoms with E-state index < -0.39 is 0 Å². The summed E-state index contributed by atoms with van der Waals surface area (Å²) >= 11 is 0. The number of nitrogens with two attached hydrogens (primary N) is 1. The Morgan fingerprint density at radius 2 is 2.05 bits per heavy atom. The van der Waals surface area contributed by atoms with Crippen molar-refractivity contribution in [1.82, 2.24) is 0 Å². The van der Waals surface area contributed by atoms with Crippen LogP contribution in [-0.2, 0) is 6.42 Å². The molecule has 1 unspecified atom stereocenters. The van der Waals surface area contributed by atoms with Crippen LogP contribution in [0.3, 0.4) is 0 Å². The van der Waals surface area contributed by atoms with Gasteiger partial charge in [-0.25, -0.2) is 0 Å². The third-order valence-electron chi connectivity index (χ3n) is 3.74. The molecule has 2 aromatic rings. The number of nitrogens with zero attached hydrogens (tertiary/aromatic N) is 1. The van der Waals surface area contributed by atoms with E-state index in [1.54, 1.807) is 12.1 Å². The quantitative estimate of drug-likeness (QED) is 0.843. The van der Waals surface area contributed by atoms with Crippen molar-refractivity contribution in [3.63, 3.8) is 0 Å². The Balaban J connectivity index is 1.88. The third kappa shape index (κ3) is 2.33. The Hall–Kier alpha value is -2.47. The minimum Gasteiger partial charge on any atom is -0.486 e. The molecule has 0 amide bonds. The maximum Gasteiger partial charge on any atom is 0.124 e. The van der Waals surface area contributed by atoms with E-state index in [0.717, 1.165) is 19.3 Å². The molecule has 0 radical (unpaired) electrons. The van der Waals surface area contributed by atoms with Gasteiger partial charge >= 0.3 is 0 Å². The number of anilines is 1. The predicted octanol–water partition coefficient (Wildman–Crippen LogP) is 3.60. The van der Waals surface area contributed by atoms with Gasteiger partial charge in [0.2, 0.25) is 0 Å². The molecule has 1 aliphatic rings. The summed E-state index contributed by atoms with van der Waals surface area (Å²) in [5.41, 5.74) is 9.31. The fourth-order valence-corrected chi connectivity index (χ4v) is 2.70. The monoisotopic (exact) mass is 264 g/mol. The van der Waals surface area contributed by atoms with Crippen LogP contribution < -0.4 is 10.5 Å². The average molecular weight is 264 g/mol. The maximum atomic E-state index is 9.02. The zero-order valence-corrected chi connectivity index (χ0v) is 11.2. The number of rotatable bonds is 2. The van der Waals surface area contributed by atoms with Crippen molar-refractivity contribution < 1.29 is 4.74 Å². The first-order valence-electron chi connectivity index (χ1n) is 6.82. The van der Waals surface area contributed by atoms with Crippen LogP contribution in [0.15, 0.2) is 42.5 Å². The van der Waals surface area contributed by atoms with Gasteiger partial charge in [-0.05, 0) is 42.5 Å². The summed E-state index contributed by atoms with van der Waals surface area (Å²) in [6, 6.07) is 15.8. The summed E-state index contributed by atoms with van der Waals surface area (Å²) in [7, 11) is 0. The van der Waals surface area contributed by atoms with Crippen molar-refractivity contribution in [2.75, 3.05) is 5.73 Å². The molecule has 0 bridgehead atoms. The summed E-state index contributed by atoms with van der Waals surface area (Å²) < 4.78 is 6.07. The topological polar surface area (TPSA) is 59.0 Å². The van der Waals surface area contributed by atoms with Gasteiger partial charge in [0.15, 0.2) is 0 Å². The van der Waals surface area contributed by atoms with Gasteiger partial charge in [0.1, 0.15) is 17.9 Å². The van der Waals surface area contributed by atoms with Crippen LogP contribution in [0.4, 0.5) is 5.69 Å². The number of hydrogen-bond acceptors (Lipinski definition) is 3. The first-order valence-corrected chi connectivity index (χ1v) is 6.82. The lowest BCUT2D eigenvalue weighted by molar-refractivity contribution is 0.183. The van der Waals surface area contributed by atoms with Gasteiger partial charge in [-0.15, -0.1) is 0 Å². The van der Waals surface area contributed by atoms with Crippen LogP contribution in [0.1, 0.15) is 35.6 Å². The maximum absolute atomic E-state index is 9.02. The molecule has 0 heterocycles. The Morgan fingerprint density at radius 1 is 1.20 bits per heavy atom. The molecule has 0 fully saturated rings. The van der Waals surface area contributed by atoms with E-state index in [2.05, 4.69) is 24.3 Å². The molecule has 3 heteroatoms. The molecule has 3 nitrogen and oxygen atoms in total. The molecule has 0 aromatic heterocycles. The van der Waals surface area contributed by atoms with Gasteiger partial charge in [0.25, 0.3) is 0 Å². The van der Waals surface area contributed by atoms with Gasteiger partial charge in [0, 0.05) is 11.8 Å². The van der Waals surface area contributed by atoms with Crippen LogP contribution in [0.5, 0.6) is 5.75 Å². The molecule has 2 aromatic carbocycles. The van der Waals surface area contributed by atoms with E-state index in [4.69, 9.17) is 15.7 Å². The number of nitriles is 1. The largest absolute Gasteiger partial charge is 0.486 e. The van der Waals surface area contributed by atoms with Crippen LogP contribution in [0.2, 0.25) is 0 Å². The normalized spacial score (nSPS) is 17.1. The van der Waals surface area contributed by atoms with Gasteiger partial charge in [0.05, 0.1) is 5.56 Å². The number of fused-ring (bicyclic) bond motifs is 1.